The van der Waals surface area contributed by atoms with Crippen LogP contribution in [0, 0.1) is 5.82 Å². The largest absolute Gasteiger partial charge is 0.478 e. The van der Waals surface area contributed by atoms with E-state index in [-0.39, 0.29) is 11.4 Å². The van der Waals surface area contributed by atoms with Gasteiger partial charge in [0.05, 0.1) is 11.3 Å². The number of pyridine rings is 2. The summed E-state index contributed by atoms with van der Waals surface area (Å²) >= 11 is 0. The number of hydrogen-bond acceptors (Lipinski definition) is 3. The molecule has 0 aliphatic carbocycles. The quantitative estimate of drug-likeness (QED) is 0.580. The zero-order valence-corrected chi connectivity index (χ0v) is 13.6. The van der Waals surface area contributed by atoms with Gasteiger partial charge in [0.25, 0.3) is 0 Å². The molecular formula is C21H13FN2O2. The lowest BCUT2D eigenvalue weighted by molar-refractivity contribution is 0.0699. The minimum Gasteiger partial charge on any atom is -0.478 e. The van der Waals surface area contributed by atoms with Crippen LogP contribution in [0.5, 0.6) is 0 Å². The van der Waals surface area contributed by atoms with Crippen molar-refractivity contribution in [2.45, 2.75) is 0 Å². The van der Waals surface area contributed by atoms with E-state index in [1.165, 1.54) is 12.1 Å². The number of hydrogen-bond donors (Lipinski definition) is 1. The minimum absolute atomic E-state index is 0.149. The van der Waals surface area contributed by atoms with E-state index in [1.54, 1.807) is 60.8 Å². The summed E-state index contributed by atoms with van der Waals surface area (Å²) in [6, 6.07) is 18.6. The number of carboxylic acids is 1. The van der Waals surface area contributed by atoms with E-state index in [2.05, 4.69) is 9.97 Å². The Balaban J connectivity index is 1.81. The normalized spacial score (nSPS) is 10.8. The molecule has 0 bridgehead atoms. The second kappa shape index (κ2) is 6.37. The fourth-order valence-corrected chi connectivity index (χ4v) is 2.90. The Bertz CT molecular complexity index is 1120. The van der Waals surface area contributed by atoms with Crippen molar-refractivity contribution >= 4 is 17.0 Å². The number of carboxylic acid groups (broad SMARTS) is 1. The Morgan fingerprint density at radius 2 is 1.65 bits per heavy atom. The third kappa shape index (κ3) is 2.80. The van der Waals surface area contributed by atoms with Gasteiger partial charge in [-0.3, -0.25) is 0 Å². The van der Waals surface area contributed by atoms with Crippen molar-refractivity contribution in [3.05, 3.63) is 84.3 Å². The maximum Gasteiger partial charge on any atom is 0.336 e. The van der Waals surface area contributed by atoms with Crippen molar-refractivity contribution in [2.24, 2.45) is 0 Å². The summed E-state index contributed by atoms with van der Waals surface area (Å²) in [5, 5.41) is 9.97. The summed E-state index contributed by atoms with van der Waals surface area (Å²) in [6.45, 7) is 0. The third-order valence-electron chi connectivity index (χ3n) is 4.18. The Labute approximate surface area is 148 Å². The topological polar surface area (TPSA) is 63.1 Å². The van der Waals surface area contributed by atoms with Gasteiger partial charge >= 0.3 is 5.97 Å². The molecule has 4 rings (SSSR count). The van der Waals surface area contributed by atoms with Gasteiger partial charge in [-0.15, -0.1) is 0 Å². The Hall–Kier alpha value is -3.60. The maximum atomic E-state index is 13.9. The lowest BCUT2D eigenvalue weighted by Gasteiger charge is -2.08. The summed E-state index contributed by atoms with van der Waals surface area (Å²) in [5.41, 5.74) is 3.02. The van der Waals surface area contributed by atoms with Crippen LogP contribution < -0.4 is 0 Å². The van der Waals surface area contributed by atoms with Gasteiger partial charge in [0.15, 0.2) is 5.65 Å². The van der Waals surface area contributed by atoms with E-state index in [1.807, 2.05) is 0 Å². The molecule has 0 aliphatic heterocycles. The maximum absolute atomic E-state index is 13.9. The highest BCUT2D eigenvalue weighted by molar-refractivity contribution is 6.02. The first-order valence-electron chi connectivity index (χ1n) is 7.98. The fraction of sp³-hybridized carbons (Fsp3) is 0. The fourth-order valence-electron chi connectivity index (χ4n) is 2.90. The standard InChI is InChI=1S/C21H13FN2O2/c22-18-6-2-1-4-15(18)13-7-9-14(10-8-13)19-12-17(21(25)26)16-5-3-11-23-20(16)24-19/h1-12H,(H,25,26). The second-order valence-electron chi connectivity index (χ2n) is 5.79. The molecule has 0 unspecified atom stereocenters. The number of benzene rings is 2. The van der Waals surface area contributed by atoms with Crippen molar-refractivity contribution in [1.29, 1.82) is 0 Å². The molecule has 26 heavy (non-hydrogen) atoms. The molecule has 2 heterocycles. The number of fused-ring (bicyclic) bond motifs is 1. The zero-order valence-electron chi connectivity index (χ0n) is 13.6. The summed E-state index contributed by atoms with van der Waals surface area (Å²) < 4.78 is 13.9. The van der Waals surface area contributed by atoms with Gasteiger partial charge in [0.2, 0.25) is 0 Å². The molecule has 4 aromatic rings. The van der Waals surface area contributed by atoms with Gasteiger partial charge in [0, 0.05) is 22.7 Å². The summed E-state index contributed by atoms with van der Waals surface area (Å²) in [7, 11) is 0. The first kappa shape index (κ1) is 15.9. The Morgan fingerprint density at radius 3 is 2.38 bits per heavy atom. The van der Waals surface area contributed by atoms with Crippen LogP contribution in [0.3, 0.4) is 0 Å². The highest BCUT2D eigenvalue weighted by atomic mass is 19.1. The van der Waals surface area contributed by atoms with E-state index in [0.717, 1.165) is 11.1 Å². The summed E-state index contributed by atoms with van der Waals surface area (Å²) in [4.78, 5) is 20.2. The molecule has 0 fully saturated rings. The molecule has 2 aromatic carbocycles. The molecule has 0 aliphatic rings. The number of halogens is 1. The van der Waals surface area contributed by atoms with Crippen LogP contribution >= 0.6 is 0 Å². The molecule has 4 nitrogen and oxygen atoms in total. The van der Waals surface area contributed by atoms with Gasteiger partial charge in [-0.2, -0.15) is 0 Å². The predicted octanol–water partition coefficient (Wildman–Crippen LogP) is 4.80. The monoisotopic (exact) mass is 344 g/mol. The molecule has 0 amide bonds. The minimum atomic E-state index is -1.03. The average molecular weight is 344 g/mol. The van der Waals surface area contributed by atoms with Crippen molar-refractivity contribution in [1.82, 2.24) is 9.97 Å². The van der Waals surface area contributed by atoms with Crippen molar-refractivity contribution in [3.8, 4) is 22.4 Å². The number of aromatic carboxylic acids is 1. The zero-order chi connectivity index (χ0) is 18.1. The molecule has 0 atom stereocenters. The smallest absolute Gasteiger partial charge is 0.336 e. The molecule has 2 aromatic heterocycles. The first-order chi connectivity index (χ1) is 12.6. The predicted molar refractivity (Wildman–Crippen MR) is 97.3 cm³/mol. The average Bonchev–Trinajstić information content (AvgIpc) is 2.67. The lowest BCUT2D eigenvalue weighted by atomic mass is 10.0. The van der Waals surface area contributed by atoms with Crippen molar-refractivity contribution < 1.29 is 14.3 Å². The van der Waals surface area contributed by atoms with Gasteiger partial charge in [-0.25, -0.2) is 19.2 Å². The third-order valence-corrected chi connectivity index (χ3v) is 4.18. The lowest BCUT2D eigenvalue weighted by Crippen LogP contribution is -2.01. The Kier molecular flexibility index (Phi) is 3.89. The molecular weight excluding hydrogens is 331 g/mol. The highest BCUT2D eigenvalue weighted by Crippen LogP contribution is 2.28. The number of nitrogens with zero attached hydrogens (tertiary/aromatic N) is 2. The highest BCUT2D eigenvalue weighted by Gasteiger charge is 2.13. The van der Waals surface area contributed by atoms with Crippen LogP contribution in [0.25, 0.3) is 33.4 Å². The molecule has 1 N–H and O–H groups in total. The molecule has 126 valence electrons. The molecule has 0 radical (unpaired) electrons. The van der Waals surface area contributed by atoms with E-state index < -0.39 is 5.97 Å². The van der Waals surface area contributed by atoms with Gasteiger partial charge in [0.1, 0.15) is 5.82 Å². The van der Waals surface area contributed by atoms with Crippen LogP contribution in [0.1, 0.15) is 10.4 Å². The van der Waals surface area contributed by atoms with Gasteiger partial charge in [-0.05, 0) is 29.8 Å². The van der Waals surface area contributed by atoms with Crippen molar-refractivity contribution in [2.75, 3.05) is 0 Å². The summed E-state index contributed by atoms with van der Waals surface area (Å²) in [5.74, 6) is -1.32. The molecule has 0 saturated heterocycles. The van der Waals surface area contributed by atoms with Crippen LogP contribution in [0.4, 0.5) is 4.39 Å². The van der Waals surface area contributed by atoms with Crippen LogP contribution in [0.15, 0.2) is 72.9 Å². The molecule has 0 spiro atoms. The molecule has 0 saturated carbocycles. The van der Waals surface area contributed by atoms with E-state index in [4.69, 9.17) is 0 Å². The second-order valence-corrected chi connectivity index (χ2v) is 5.79. The SMILES string of the molecule is O=C(O)c1cc(-c2ccc(-c3ccccc3F)cc2)nc2ncccc12. The summed E-state index contributed by atoms with van der Waals surface area (Å²) in [6.07, 6.45) is 1.58. The van der Waals surface area contributed by atoms with Crippen LogP contribution in [-0.2, 0) is 0 Å². The number of carbonyl (C=O) groups is 1. The number of aromatic nitrogens is 2. The van der Waals surface area contributed by atoms with E-state index in [0.29, 0.717) is 22.3 Å². The van der Waals surface area contributed by atoms with E-state index in [9.17, 15) is 14.3 Å². The van der Waals surface area contributed by atoms with Crippen molar-refractivity contribution in [3.63, 3.8) is 0 Å². The molecule has 5 heteroatoms. The van der Waals surface area contributed by atoms with Crippen LogP contribution in [0.2, 0.25) is 0 Å². The number of rotatable bonds is 3. The van der Waals surface area contributed by atoms with Gasteiger partial charge < -0.3 is 5.11 Å². The van der Waals surface area contributed by atoms with E-state index >= 15 is 0 Å². The first-order valence-corrected chi connectivity index (χ1v) is 7.98. The van der Waals surface area contributed by atoms with Crippen LogP contribution in [-0.4, -0.2) is 21.0 Å². The Morgan fingerprint density at radius 1 is 0.923 bits per heavy atom. The van der Waals surface area contributed by atoms with Gasteiger partial charge in [-0.1, -0.05) is 42.5 Å².